The average Bonchev–Trinajstić information content (AvgIpc) is 2.68. The van der Waals surface area contributed by atoms with Crippen LogP contribution >= 0.6 is 12.0 Å². The third-order valence-electron chi connectivity index (χ3n) is 4.06. The van der Waals surface area contributed by atoms with Crippen molar-refractivity contribution in [2.45, 2.75) is 43.1 Å². The van der Waals surface area contributed by atoms with Crippen LogP contribution in [0, 0.1) is 0 Å². The van der Waals surface area contributed by atoms with Gasteiger partial charge in [-0.2, -0.15) is 17.5 Å². The Morgan fingerprint density at radius 3 is 1.97 bits per heavy atom. The summed E-state index contributed by atoms with van der Waals surface area (Å²) in [4.78, 5) is 20.0. The highest BCUT2D eigenvalue weighted by Crippen LogP contribution is 2.29. The normalized spacial score (nSPS) is 13.8. The predicted octanol–water partition coefficient (Wildman–Crippen LogP) is 5.88. The van der Waals surface area contributed by atoms with Crippen LogP contribution in [0.1, 0.15) is 25.8 Å². The number of benzene rings is 2. The number of aliphatic carboxylic acids is 1. The molecule has 0 unspecified atom stereocenters. The van der Waals surface area contributed by atoms with Gasteiger partial charge in [0.2, 0.25) is 0 Å². The van der Waals surface area contributed by atoms with Gasteiger partial charge < -0.3 is 5.11 Å². The van der Waals surface area contributed by atoms with Gasteiger partial charge in [0.25, 0.3) is 0 Å². The molecule has 0 saturated heterocycles. The summed E-state index contributed by atoms with van der Waals surface area (Å²) in [6.45, 7) is 2.18. The molecule has 0 heterocycles. The van der Waals surface area contributed by atoms with Gasteiger partial charge in [0.15, 0.2) is 6.04 Å². The Hall–Kier alpha value is -2.43. The highest BCUT2D eigenvalue weighted by molar-refractivity contribution is 7.94. The minimum atomic E-state index is -4.91. The van der Waals surface area contributed by atoms with E-state index in [-0.39, 0.29) is 5.56 Å². The molecule has 1 atom stereocenters. The van der Waals surface area contributed by atoms with Gasteiger partial charge in [-0.15, -0.1) is 0 Å². The molecule has 0 saturated carbocycles. The molecular formula is C21H21F4NO4S. The van der Waals surface area contributed by atoms with Crippen LogP contribution in [0.2, 0.25) is 0 Å². The number of hydrogen-bond donors (Lipinski definition) is 1. The van der Waals surface area contributed by atoms with Crippen molar-refractivity contribution < 1.29 is 36.7 Å². The van der Waals surface area contributed by atoms with E-state index in [1.54, 1.807) is 24.3 Å². The lowest BCUT2D eigenvalue weighted by molar-refractivity contribution is -0.160. The van der Waals surface area contributed by atoms with Crippen LogP contribution in [0.15, 0.2) is 58.4 Å². The third-order valence-corrected chi connectivity index (χ3v) is 4.73. The highest BCUT2D eigenvalue weighted by Gasteiger charge is 2.39. The summed E-state index contributed by atoms with van der Waals surface area (Å²) in [5.74, 6) is -1.63. The van der Waals surface area contributed by atoms with E-state index < -0.39 is 36.0 Å². The van der Waals surface area contributed by atoms with Crippen LogP contribution < -0.4 is 0 Å². The van der Waals surface area contributed by atoms with Gasteiger partial charge in [0, 0.05) is 16.9 Å². The van der Waals surface area contributed by atoms with E-state index in [0.29, 0.717) is 5.56 Å². The van der Waals surface area contributed by atoms with Crippen LogP contribution in [-0.2, 0) is 14.0 Å². The maximum Gasteiger partial charge on any atom is 0.433 e. The maximum atomic E-state index is 13.9. The fourth-order valence-corrected chi connectivity index (χ4v) is 3.11. The second kappa shape index (κ2) is 10.3. The lowest BCUT2D eigenvalue weighted by atomic mass is 9.99. The molecule has 0 spiro atoms. The van der Waals surface area contributed by atoms with Crippen molar-refractivity contribution in [2.75, 3.05) is 7.11 Å². The van der Waals surface area contributed by atoms with Crippen molar-refractivity contribution in [3.63, 3.8) is 0 Å². The Balaban J connectivity index is 2.34. The molecule has 0 aliphatic rings. The van der Waals surface area contributed by atoms with Crippen molar-refractivity contribution in [2.24, 2.45) is 4.99 Å². The minimum absolute atomic E-state index is 0.306. The van der Waals surface area contributed by atoms with Crippen LogP contribution in [0.25, 0.3) is 11.1 Å². The molecule has 0 amide bonds. The zero-order chi connectivity index (χ0) is 23.2. The summed E-state index contributed by atoms with van der Waals surface area (Å²) in [5, 5.41) is 9.21. The van der Waals surface area contributed by atoms with E-state index >= 15 is 0 Å². The van der Waals surface area contributed by atoms with Gasteiger partial charge in [-0.1, -0.05) is 36.4 Å². The first-order valence-electron chi connectivity index (χ1n) is 9.05. The van der Waals surface area contributed by atoms with Gasteiger partial charge in [-0.05, 0) is 37.1 Å². The molecule has 0 aliphatic heterocycles. The maximum absolute atomic E-state index is 13.9. The number of halogens is 4. The van der Waals surface area contributed by atoms with Gasteiger partial charge in [0.05, 0.1) is 19.2 Å². The fourth-order valence-electron chi connectivity index (χ4n) is 2.71. The first kappa shape index (κ1) is 24.8. The van der Waals surface area contributed by atoms with E-state index in [9.17, 15) is 27.5 Å². The number of carbonyl (C=O) groups is 1. The fraction of sp³-hybridized carbons (Fsp3) is 0.333. The number of hydrogen-bond acceptors (Lipinski definition) is 5. The second-order valence-corrected chi connectivity index (χ2v) is 7.95. The molecule has 31 heavy (non-hydrogen) atoms. The monoisotopic (exact) mass is 459 g/mol. The Morgan fingerprint density at radius 2 is 1.55 bits per heavy atom. The van der Waals surface area contributed by atoms with Crippen molar-refractivity contribution in [3.8, 4) is 11.1 Å². The Bertz CT molecular complexity index is 907. The van der Waals surface area contributed by atoms with Crippen molar-refractivity contribution in [1.82, 2.24) is 0 Å². The molecule has 5 nitrogen and oxygen atoms in total. The molecule has 0 fully saturated rings. The molecule has 168 valence electrons. The second-order valence-electron chi connectivity index (χ2n) is 7.17. The number of aliphatic imine (C=N–C) groups is 1. The Labute approximate surface area is 181 Å². The zero-order valence-electron chi connectivity index (χ0n) is 16.9. The number of carboxylic acids is 1. The first-order chi connectivity index (χ1) is 14.4. The molecular weight excluding hydrogens is 438 g/mol. The number of nitrogens with zero attached hydrogens (tertiary/aromatic N) is 1. The molecule has 0 bridgehead atoms. The molecule has 2 aromatic carbocycles. The van der Waals surface area contributed by atoms with Gasteiger partial charge in [0.1, 0.15) is 11.4 Å². The summed E-state index contributed by atoms with van der Waals surface area (Å²) in [5.41, 5.74) is -2.26. The first-order valence-corrected chi connectivity index (χ1v) is 9.80. The Morgan fingerprint density at radius 1 is 1.03 bits per heavy atom. The molecule has 1 N–H and O–H groups in total. The topological polar surface area (TPSA) is 68.1 Å². The van der Waals surface area contributed by atoms with Crippen LogP contribution in [0.3, 0.4) is 0 Å². The van der Waals surface area contributed by atoms with Gasteiger partial charge in [-0.25, -0.2) is 14.1 Å². The number of alkyl halides is 4. The summed E-state index contributed by atoms with van der Waals surface area (Å²) in [6.07, 6.45) is -5.59. The highest BCUT2D eigenvalue weighted by atomic mass is 32.2. The molecule has 0 aliphatic carbocycles. The zero-order valence-corrected chi connectivity index (χ0v) is 17.8. The Kier molecular flexibility index (Phi) is 8.21. The van der Waals surface area contributed by atoms with Crippen molar-refractivity contribution in [3.05, 3.63) is 54.1 Å². The summed E-state index contributed by atoms with van der Waals surface area (Å²) in [7, 11) is 1.37. The van der Waals surface area contributed by atoms with Gasteiger partial charge >= 0.3 is 12.1 Å². The largest absolute Gasteiger partial charge is 0.480 e. The summed E-state index contributed by atoms with van der Waals surface area (Å²) >= 11 is 1.01. The van der Waals surface area contributed by atoms with Crippen LogP contribution in [0.4, 0.5) is 17.6 Å². The van der Waals surface area contributed by atoms with Crippen molar-refractivity contribution >= 4 is 23.7 Å². The van der Waals surface area contributed by atoms with Crippen LogP contribution in [-0.4, -0.2) is 41.8 Å². The quantitative estimate of drug-likeness (QED) is 0.167. The number of rotatable bonds is 9. The third kappa shape index (κ3) is 7.64. The molecule has 0 radical (unpaired) electrons. The molecule has 0 aromatic heterocycles. The van der Waals surface area contributed by atoms with Crippen molar-refractivity contribution in [1.29, 1.82) is 0 Å². The van der Waals surface area contributed by atoms with E-state index in [4.69, 9.17) is 4.33 Å². The summed E-state index contributed by atoms with van der Waals surface area (Å²) in [6, 6.07) is 10.5. The lowest BCUT2D eigenvalue weighted by Crippen LogP contribution is -2.32. The van der Waals surface area contributed by atoms with E-state index in [1.165, 1.54) is 31.4 Å². The standard InChI is InChI=1S/C21H21F4NO4S/c1-20(2,22)12-17(19(27)28)26-18(21(23,24)25)15-6-4-13(5-7-15)14-8-10-16(11-9-14)31-30-29-3/h4-11,17H,12H2,1-3H3,(H,27,28)/t17-/m0/s1. The van der Waals surface area contributed by atoms with E-state index in [1.807, 2.05) is 0 Å². The SMILES string of the molecule is COOSc1ccc(-c2ccc(C(=N[C@@H](CC(C)(C)F)C(=O)O)C(F)(F)F)cc2)cc1. The lowest BCUT2D eigenvalue weighted by Gasteiger charge is -2.19. The molecule has 2 rings (SSSR count). The van der Waals surface area contributed by atoms with Gasteiger partial charge in [-0.3, -0.25) is 4.99 Å². The minimum Gasteiger partial charge on any atom is -0.480 e. The average molecular weight is 459 g/mol. The molecule has 2 aromatic rings. The molecule has 10 heteroatoms. The van der Waals surface area contributed by atoms with E-state index in [2.05, 4.69) is 9.88 Å². The number of carboxylic acid groups (broad SMARTS) is 1. The van der Waals surface area contributed by atoms with Crippen LogP contribution in [0.5, 0.6) is 0 Å². The smallest absolute Gasteiger partial charge is 0.433 e. The van der Waals surface area contributed by atoms with E-state index in [0.717, 1.165) is 36.3 Å². The summed E-state index contributed by atoms with van der Waals surface area (Å²) < 4.78 is 59.4. The predicted molar refractivity (Wildman–Crippen MR) is 110 cm³/mol.